The van der Waals surface area contributed by atoms with Crippen LogP contribution in [0.25, 0.3) is 33.9 Å². The van der Waals surface area contributed by atoms with Gasteiger partial charge >= 0.3 is 0 Å². The Labute approximate surface area is 165 Å². The van der Waals surface area contributed by atoms with Crippen LogP contribution in [-0.2, 0) is 5.41 Å². The molecule has 140 valence electrons. The number of aromatic amines is 1. The summed E-state index contributed by atoms with van der Waals surface area (Å²) < 4.78 is 0. The Morgan fingerprint density at radius 2 is 1.39 bits per heavy atom. The van der Waals surface area contributed by atoms with Gasteiger partial charge in [0.05, 0.1) is 17.0 Å². The molecule has 0 saturated carbocycles. The standard InChI is InChI=1S/C25H24N2O/c1-25(2,3)19-14-15-21(28)20(16-19)24-26-22(17-10-6-4-7-11-17)23(27-24)18-12-8-5-9-13-18/h4-16,28H,1-3H3,(H,26,27). The minimum absolute atomic E-state index is 0.0143. The minimum Gasteiger partial charge on any atom is -0.507 e. The van der Waals surface area contributed by atoms with Gasteiger partial charge in [-0.3, -0.25) is 0 Å². The van der Waals surface area contributed by atoms with Gasteiger partial charge in [0.25, 0.3) is 0 Å². The molecule has 0 radical (unpaired) electrons. The van der Waals surface area contributed by atoms with E-state index in [4.69, 9.17) is 4.98 Å². The molecule has 2 N–H and O–H groups in total. The highest BCUT2D eigenvalue weighted by Gasteiger charge is 2.20. The quantitative estimate of drug-likeness (QED) is 0.439. The first kappa shape index (κ1) is 18.1. The van der Waals surface area contributed by atoms with Gasteiger partial charge < -0.3 is 10.1 Å². The SMILES string of the molecule is CC(C)(C)c1ccc(O)c(-c2nc(-c3ccccc3)c(-c3ccccc3)[nH]2)c1. The lowest BCUT2D eigenvalue weighted by atomic mass is 9.86. The summed E-state index contributed by atoms with van der Waals surface area (Å²) in [5.41, 5.74) is 5.78. The van der Waals surface area contributed by atoms with Crippen molar-refractivity contribution in [3.8, 4) is 39.7 Å². The predicted molar refractivity (Wildman–Crippen MR) is 115 cm³/mol. The molecule has 4 aromatic rings. The molecule has 3 heteroatoms. The fourth-order valence-electron chi connectivity index (χ4n) is 3.31. The fraction of sp³-hybridized carbons (Fsp3) is 0.160. The fourth-order valence-corrected chi connectivity index (χ4v) is 3.31. The van der Waals surface area contributed by atoms with Gasteiger partial charge in [-0.25, -0.2) is 4.98 Å². The number of rotatable bonds is 3. The second-order valence-electron chi connectivity index (χ2n) is 8.02. The summed E-state index contributed by atoms with van der Waals surface area (Å²) in [5.74, 6) is 0.891. The molecule has 0 spiro atoms. The van der Waals surface area contributed by atoms with Gasteiger partial charge in [-0.05, 0) is 23.1 Å². The molecule has 3 nitrogen and oxygen atoms in total. The highest BCUT2D eigenvalue weighted by Crippen LogP contribution is 2.37. The van der Waals surface area contributed by atoms with E-state index in [1.807, 2.05) is 48.5 Å². The zero-order valence-electron chi connectivity index (χ0n) is 16.4. The van der Waals surface area contributed by atoms with Crippen molar-refractivity contribution in [3.63, 3.8) is 0 Å². The molecule has 0 aliphatic carbocycles. The number of benzene rings is 3. The van der Waals surface area contributed by atoms with Crippen LogP contribution >= 0.6 is 0 Å². The average molecular weight is 368 g/mol. The van der Waals surface area contributed by atoms with E-state index >= 15 is 0 Å². The number of nitrogens with zero attached hydrogens (tertiary/aromatic N) is 1. The summed E-state index contributed by atoms with van der Waals surface area (Å²) >= 11 is 0. The molecule has 0 bridgehead atoms. The maximum atomic E-state index is 10.5. The van der Waals surface area contributed by atoms with Crippen LogP contribution in [0.1, 0.15) is 26.3 Å². The van der Waals surface area contributed by atoms with E-state index in [-0.39, 0.29) is 11.2 Å². The van der Waals surface area contributed by atoms with E-state index in [9.17, 15) is 5.11 Å². The molecule has 0 atom stereocenters. The molecule has 0 aliphatic rings. The van der Waals surface area contributed by atoms with Crippen molar-refractivity contribution in [2.75, 3.05) is 0 Å². The normalized spacial score (nSPS) is 11.5. The van der Waals surface area contributed by atoms with E-state index in [2.05, 4.69) is 50.0 Å². The van der Waals surface area contributed by atoms with Crippen LogP contribution in [0.3, 0.4) is 0 Å². The Hall–Kier alpha value is -3.33. The molecule has 28 heavy (non-hydrogen) atoms. The van der Waals surface area contributed by atoms with E-state index in [0.717, 1.165) is 28.1 Å². The Morgan fingerprint density at radius 1 is 0.786 bits per heavy atom. The zero-order chi connectivity index (χ0) is 19.7. The van der Waals surface area contributed by atoms with E-state index in [1.54, 1.807) is 6.07 Å². The van der Waals surface area contributed by atoms with Crippen LogP contribution in [0.4, 0.5) is 0 Å². The maximum Gasteiger partial charge on any atom is 0.142 e. The Kier molecular flexibility index (Phi) is 4.52. The van der Waals surface area contributed by atoms with Gasteiger partial charge in [-0.2, -0.15) is 0 Å². The number of hydrogen-bond acceptors (Lipinski definition) is 2. The summed E-state index contributed by atoms with van der Waals surface area (Å²) in [6, 6.07) is 26.0. The lowest BCUT2D eigenvalue weighted by Crippen LogP contribution is -2.10. The zero-order valence-corrected chi connectivity index (χ0v) is 16.4. The van der Waals surface area contributed by atoms with Crippen molar-refractivity contribution < 1.29 is 5.11 Å². The molecule has 0 amide bonds. The van der Waals surface area contributed by atoms with Crippen molar-refractivity contribution in [2.24, 2.45) is 0 Å². The van der Waals surface area contributed by atoms with Crippen LogP contribution in [0.5, 0.6) is 5.75 Å². The number of nitrogens with one attached hydrogen (secondary N) is 1. The van der Waals surface area contributed by atoms with Gasteiger partial charge in [0, 0.05) is 11.1 Å². The van der Waals surface area contributed by atoms with Crippen LogP contribution in [0.2, 0.25) is 0 Å². The molecule has 1 heterocycles. The van der Waals surface area contributed by atoms with Crippen LogP contribution < -0.4 is 0 Å². The minimum atomic E-state index is -0.0143. The first-order chi connectivity index (χ1) is 13.4. The number of aromatic nitrogens is 2. The number of imidazole rings is 1. The lowest BCUT2D eigenvalue weighted by molar-refractivity contribution is 0.475. The van der Waals surface area contributed by atoms with E-state index in [0.29, 0.717) is 11.4 Å². The van der Waals surface area contributed by atoms with Crippen LogP contribution in [0, 0.1) is 0 Å². The molecule has 4 rings (SSSR count). The van der Waals surface area contributed by atoms with Crippen molar-refractivity contribution >= 4 is 0 Å². The molecule has 3 aromatic carbocycles. The van der Waals surface area contributed by atoms with Gasteiger partial charge in [0.2, 0.25) is 0 Å². The first-order valence-electron chi connectivity index (χ1n) is 9.48. The number of H-pyrrole nitrogens is 1. The number of aromatic hydroxyl groups is 1. The molecule has 0 saturated heterocycles. The highest BCUT2D eigenvalue weighted by molar-refractivity contribution is 5.82. The Morgan fingerprint density at radius 3 is 2.00 bits per heavy atom. The number of phenolic OH excluding ortho intramolecular Hbond substituents is 1. The largest absolute Gasteiger partial charge is 0.507 e. The average Bonchev–Trinajstić information content (AvgIpc) is 3.14. The van der Waals surface area contributed by atoms with Gasteiger partial charge in [-0.15, -0.1) is 0 Å². The van der Waals surface area contributed by atoms with Crippen LogP contribution in [0.15, 0.2) is 78.9 Å². The number of phenols is 1. The molecule has 0 unspecified atom stereocenters. The summed E-state index contributed by atoms with van der Waals surface area (Å²) in [6.07, 6.45) is 0. The third kappa shape index (κ3) is 3.44. The number of hydrogen-bond donors (Lipinski definition) is 2. The predicted octanol–water partition coefficient (Wildman–Crippen LogP) is 6.41. The van der Waals surface area contributed by atoms with Gasteiger partial charge in [-0.1, -0.05) is 87.5 Å². The topological polar surface area (TPSA) is 48.9 Å². The van der Waals surface area contributed by atoms with Crippen molar-refractivity contribution in [3.05, 3.63) is 84.4 Å². The third-order valence-electron chi connectivity index (χ3n) is 4.93. The molecule has 1 aromatic heterocycles. The molecule has 0 aliphatic heterocycles. The third-order valence-corrected chi connectivity index (χ3v) is 4.93. The Balaban J connectivity index is 1.92. The smallest absolute Gasteiger partial charge is 0.142 e. The van der Waals surface area contributed by atoms with Crippen molar-refractivity contribution in [1.29, 1.82) is 0 Å². The van der Waals surface area contributed by atoms with Gasteiger partial charge in [0.1, 0.15) is 11.6 Å². The molecular weight excluding hydrogens is 344 g/mol. The monoisotopic (exact) mass is 368 g/mol. The first-order valence-corrected chi connectivity index (χ1v) is 9.48. The van der Waals surface area contributed by atoms with Crippen LogP contribution in [-0.4, -0.2) is 15.1 Å². The maximum absolute atomic E-state index is 10.5. The highest BCUT2D eigenvalue weighted by atomic mass is 16.3. The lowest BCUT2D eigenvalue weighted by Gasteiger charge is -2.20. The second kappa shape index (κ2) is 7.01. The van der Waals surface area contributed by atoms with Gasteiger partial charge in [0.15, 0.2) is 0 Å². The van der Waals surface area contributed by atoms with E-state index in [1.165, 1.54) is 0 Å². The second-order valence-corrected chi connectivity index (χ2v) is 8.02. The summed E-state index contributed by atoms with van der Waals surface area (Å²) in [6.45, 7) is 6.49. The van der Waals surface area contributed by atoms with E-state index < -0.39 is 0 Å². The Bertz CT molecular complexity index is 1030. The molecule has 0 fully saturated rings. The molecular formula is C25H24N2O. The summed E-state index contributed by atoms with van der Waals surface area (Å²) in [7, 11) is 0. The van der Waals surface area contributed by atoms with Crippen molar-refractivity contribution in [2.45, 2.75) is 26.2 Å². The van der Waals surface area contributed by atoms with Crippen molar-refractivity contribution in [1.82, 2.24) is 9.97 Å². The summed E-state index contributed by atoms with van der Waals surface area (Å²) in [4.78, 5) is 8.36. The summed E-state index contributed by atoms with van der Waals surface area (Å²) in [5, 5.41) is 10.5.